The predicted molar refractivity (Wildman–Crippen MR) is 138 cm³/mol. The number of carbonyl (C=O) groups is 2. The Hall–Kier alpha value is -2.93. The number of benzene rings is 2. The van der Waals surface area contributed by atoms with Gasteiger partial charge >= 0.3 is 6.09 Å². The highest BCUT2D eigenvalue weighted by Gasteiger charge is 2.42. The van der Waals surface area contributed by atoms with E-state index in [1.54, 1.807) is 17.0 Å². The summed E-state index contributed by atoms with van der Waals surface area (Å²) in [5, 5.41) is 13.3. The van der Waals surface area contributed by atoms with E-state index in [4.69, 9.17) is 0 Å². The smallest absolute Gasteiger partial charge is 0.408 e. The number of hydrogen-bond donors (Lipinski definition) is 2. The van der Waals surface area contributed by atoms with Crippen LogP contribution in [0.1, 0.15) is 70.0 Å². The molecule has 2 aromatic rings. The molecule has 194 valence electrons. The zero-order valence-corrected chi connectivity index (χ0v) is 21.5. The van der Waals surface area contributed by atoms with Gasteiger partial charge in [0.2, 0.25) is 5.91 Å². The lowest BCUT2D eigenvalue weighted by atomic mass is 9.93. The monoisotopic (exact) mass is 495 g/mol. The van der Waals surface area contributed by atoms with Crippen molar-refractivity contribution in [2.75, 3.05) is 6.54 Å². The Bertz CT molecular complexity index is 1020. The van der Waals surface area contributed by atoms with E-state index in [1.165, 1.54) is 12.1 Å². The van der Waals surface area contributed by atoms with Crippen molar-refractivity contribution in [1.82, 2.24) is 15.1 Å². The first-order chi connectivity index (χ1) is 17.1. The molecule has 2 heterocycles. The summed E-state index contributed by atoms with van der Waals surface area (Å²) >= 11 is 0. The van der Waals surface area contributed by atoms with Crippen LogP contribution in [0.2, 0.25) is 0 Å². The van der Waals surface area contributed by atoms with Crippen molar-refractivity contribution >= 4 is 12.0 Å². The van der Waals surface area contributed by atoms with Crippen molar-refractivity contribution in [3.63, 3.8) is 0 Å². The highest BCUT2D eigenvalue weighted by atomic mass is 19.1. The third-order valence-corrected chi connectivity index (χ3v) is 7.61. The molecule has 0 aliphatic carbocycles. The number of amides is 2. The molecule has 0 radical (unpaired) electrons. The standard InChI is InChI=1S/C29H38FN3O3/c1-29(2,3)33(28(35)36)26(21-7-5-4-6-8-21)15-16-32-24-13-14-25(32)19-23(18-24)31-27(34)17-20-9-11-22(30)12-10-20/h4-12,23-26H,13-19H2,1-3H3,(H,31,34)(H,35,36)/t23?,24?,25?,26-/m0/s1. The van der Waals surface area contributed by atoms with Crippen LogP contribution in [-0.2, 0) is 11.2 Å². The van der Waals surface area contributed by atoms with E-state index in [-0.39, 0.29) is 30.2 Å². The molecule has 2 N–H and O–H groups in total. The quantitative estimate of drug-likeness (QED) is 0.515. The third-order valence-electron chi connectivity index (χ3n) is 7.61. The van der Waals surface area contributed by atoms with Gasteiger partial charge in [0.05, 0.1) is 12.5 Å². The summed E-state index contributed by atoms with van der Waals surface area (Å²) in [4.78, 5) is 29.0. The number of hydrogen-bond acceptors (Lipinski definition) is 3. The van der Waals surface area contributed by atoms with Crippen molar-refractivity contribution in [2.24, 2.45) is 0 Å². The number of piperidine rings is 1. The molecule has 2 unspecified atom stereocenters. The zero-order chi connectivity index (χ0) is 25.9. The van der Waals surface area contributed by atoms with Crippen LogP contribution in [0.5, 0.6) is 0 Å². The van der Waals surface area contributed by atoms with Gasteiger partial charge in [0.15, 0.2) is 0 Å². The normalized spacial score (nSPS) is 22.7. The van der Waals surface area contributed by atoms with Crippen LogP contribution in [0.4, 0.5) is 9.18 Å². The van der Waals surface area contributed by atoms with E-state index in [9.17, 15) is 19.1 Å². The molecule has 0 saturated carbocycles. The van der Waals surface area contributed by atoms with Crippen molar-refractivity contribution in [3.05, 3.63) is 71.5 Å². The van der Waals surface area contributed by atoms with E-state index in [0.29, 0.717) is 12.1 Å². The fourth-order valence-electron chi connectivity index (χ4n) is 6.10. The molecule has 0 aromatic heterocycles. The van der Waals surface area contributed by atoms with Crippen molar-refractivity contribution < 1.29 is 19.1 Å². The topological polar surface area (TPSA) is 72.9 Å². The van der Waals surface area contributed by atoms with Crippen LogP contribution in [0.15, 0.2) is 54.6 Å². The fraction of sp³-hybridized carbons (Fsp3) is 0.517. The van der Waals surface area contributed by atoms with Gasteiger partial charge in [-0.1, -0.05) is 42.5 Å². The van der Waals surface area contributed by atoms with E-state index >= 15 is 0 Å². The second kappa shape index (κ2) is 11.0. The summed E-state index contributed by atoms with van der Waals surface area (Å²) in [6.07, 6.45) is 4.10. The van der Waals surface area contributed by atoms with E-state index in [0.717, 1.165) is 49.8 Å². The molecule has 4 rings (SSSR count). The Morgan fingerprint density at radius 3 is 2.22 bits per heavy atom. The van der Waals surface area contributed by atoms with Crippen LogP contribution in [-0.4, -0.2) is 57.1 Å². The third kappa shape index (κ3) is 6.25. The Morgan fingerprint density at radius 2 is 1.67 bits per heavy atom. The lowest BCUT2D eigenvalue weighted by Gasteiger charge is -2.43. The number of rotatable bonds is 8. The molecule has 2 aliphatic rings. The Morgan fingerprint density at radius 1 is 1.06 bits per heavy atom. The van der Waals surface area contributed by atoms with Gasteiger partial charge < -0.3 is 10.4 Å². The molecule has 6 nitrogen and oxygen atoms in total. The second-order valence-electron chi connectivity index (χ2n) is 11.2. The van der Waals surface area contributed by atoms with Crippen LogP contribution >= 0.6 is 0 Å². The van der Waals surface area contributed by atoms with Crippen molar-refractivity contribution in [3.8, 4) is 0 Å². The summed E-state index contributed by atoms with van der Waals surface area (Å²) in [6, 6.07) is 16.7. The first-order valence-electron chi connectivity index (χ1n) is 13.0. The maximum Gasteiger partial charge on any atom is 0.408 e. The lowest BCUT2D eigenvalue weighted by molar-refractivity contribution is -0.121. The molecule has 2 saturated heterocycles. The molecule has 7 heteroatoms. The summed E-state index contributed by atoms with van der Waals surface area (Å²) in [7, 11) is 0. The number of carbonyl (C=O) groups excluding carboxylic acids is 1. The highest BCUT2D eigenvalue weighted by Crippen LogP contribution is 2.38. The fourth-order valence-corrected chi connectivity index (χ4v) is 6.10. The molecule has 2 aliphatic heterocycles. The molecule has 2 fully saturated rings. The van der Waals surface area contributed by atoms with E-state index < -0.39 is 11.6 Å². The van der Waals surface area contributed by atoms with Crippen molar-refractivity contribution in [2.45, 2.75) is 89.0 Å². The number of nitrogens with one attached hydrogen (secondary N) is 1. The largest absolute Gasteiger partial charge is 0.465 e. The van der Waals surface area contributed by atoms with Crippen molar-refractivity contribution in [1.29, 1.82) is 0 Å². The predicted octanol–water partition coefficient (Wildman–Crippen LogP) is 5.39. The maximum atomic E-state index is 13.1. The van der Waals surface area contributed by atoms with Gasteiger partial charge in [-0.25, -0.2) is 9.18 Å². The molecular weight excluding hydrogens is 457 g/mol. The van der Waals surface area contributed by atoms with E-state index in [1.807, 2.05) is 51.1 Å². The van der Waals surface area contributed by atoms with Gasteiger partial charge in [-0.05, 0) is 76.1 Å². The highest BCUT2D eigenvalue weighted by molar-refractivity contribution is 5.78. The van der Waals surface area contributed by atoms with Gasteiger partial charge in [0.25, 0.3) is 0 Å². The number of fused-ring (bicyclic) bond motifs is 2. The van der Waals surface area contributed by atoms with Gasteiger partial charge in [-0.15, -0.1) is 0 Å². The van der Waals surface area contributed by atoms with Crippen LogP contribution in [0.25, 0.3) is 0 Å². The van der Waals surface area contributed by atoms with Gasteiger partial charge in [0, 0.05) is 30.2 Å². The summed E-state index contributed by atoms with van der Waals surface area (Å²) in [5.41, 5.74) is 1.31. The maximum absolute atomic E-state index is 13.1. The Kier molecular flexibility index (Phi) is 7.98. The summed E-state index contributed by atoms with van der Waals surface area (Å²) < 4.78 is 13.1. The van der Waals surface area contributed by atoms with Gasteiger partial charge in [-0.2, -0.15) is 0 Å². The summed E-state index contributed by atoms with van der Waals surface area (Å²) in [5.74, 6) is -0.322. The second-order valence-corrected chi connectivity index (χ2v) is 11.2. The minimum absolute atomic E-state index is 0.0223. The molecule has 2 bridgehead atoms. The molecule has 2 aromatic carbocycles. The molecular formula is C29H38FN3O3. The van der Waals surface area contributed by atoms with Crippen LogP contribution in [0.3, 0.4) is 0 Å². The van der Waals surface area contributed by atoms with E-state index in [2.05, 4.69) is 10.2 Å². The SMILES string of the molecule is CC(C)(C)N(C(=O)O)[C@@H](CCN1C2CCC1CC(NC(=O)Cc1ccc(F)cc1)C2)c1ccccc1. The average Bonchev–Trinajstić information content (AvgIpc) is 3.05. The molecule has 3 atom stereocenters. The summed E-state index contributed by atoms with van der Waals surface area (Å²) in [6.45, 7) is 6.66. The number of nitrogens with zero attached hydrogens (tertiary/aromatic N) is 2. The molecule has 0 spiro atoms. The molecule has 36 heavy (non-hydrogen) atoms. The molecule has 2 amide bonds. The van der Waals surface area contributed by atoms with Crippen LogP contribution < -0.4 is 5.32 Å². The Balaban J connectivity index is 1.38. The minimum Gasteiger partial charge on any atom is -0.465 e. The zero-order valence-electron chi connectivity index (χ0n) is 21.5. The minimum atomic E-state index is -0.901. The average molecular weight is 496 g/mol. The lowest BCUT2D eigenvalue weighted by Crippen LogP contribution is -2.52. The van der Waals surface area contributed by atoms with Gasteiger partial charge in [0.1, 0.15) is 5.82 Å². The van der Waals surface area contributed by atoms with Gasteiger partial charge in [-0.3, -0.25) is 14.6 Å². The van der Waals surface area contributed by atoms with Crippen LogP contribution in [0, 0.1) is 5.82 Å². The first kappa shape index (κ1) is 26.1. The Labute approximate surface area is 213 Å². The first-order valence-corrected chi connectivity index (χ1v) is 13.0. The number of carboxylic acid groups (broad SMARTS) is 1. The number of halogens is 1.